The number of hydrogen-bond donors (Lipinski definition) is 1. The standard InChI is InChI=1S/C15H27N5/c1-6-7-12-13-14(19(5)18-12)20(15(16)17-13)11(4)9-8-10(2)3/h10-11H,6-9H2,1-5H3,(H2,16,17). The molecule has 0 aliphatic heterocycles. The molecule has 0 aromatic carbocycles. The molecule has 2 N–H and O–H groups in total. The van der Waals surface area contributed by atoms with Crippen molar-refractivity contribution in [3.8, 4) is 0 Å². The van der Waals surface area contributed by atoms with Gasteiger partial charge in [0.25, 0.3) is 0 Å². The Hall–Kier alpha value is -1.52. The molecule has 2 heterocycles. The molecular formula is C15H27N5. The van der Waals surface area contributed by atoms with Crippen LogP contribution in [-0.4, -0.2) is 19.3 Å². The van der Waals surface area contributed by atoms with Gasteiger partial charge in [-0.3, -0.25) is 9.25 Å². The number of aromatic nitrogens is 4. The van der Waals surface area contributed by atoms with E-state index in [9.17, 15) is 0 Å². The smallest absolute Gasteiger partial charge is 0.202 e. The molecule has 0 aliphatic carbocycles. The molecule has 0 radical (unpaired) electrons. The van der Waals surface area contributed by atoms with Crippen molar-refractivity contribution in [1.82, 2.24) is 19.3 Å². The third-order valence-corrected chi connectivity index (χ3v) is 3.85. The molecule has 5 nitrogen and oxygen atoms in total. The van der Waals surface area contributed by atoms with Crippen molar-refractivity contribution in [3.63, 3.8) is 0 Å². The number of nitrogen functional groups attached to an aromatic ring is 1. The van der Waals surface area contributed by atoms with Crippen molar-refractivity contribution in [1.29, 1.82) is 0 Å². The van der Waals surface area contributed by atoms with Gasteiger partial charge in [0, 0.05) is 13.1 Å². The first-order valence-corrected chi connectivity index (χ1v) is 7.64. The Labute approximate surface area is 121 Å². The van der Waals surface area contributed by atoms with Crippen LogP contribution < -0.4 is 5.73 Å². The third kappa shape index (κ3) is 2.67. The van der Waals surface area contributed by atoms with E-state index in [0.29, 0.717) is 17.9 Å². The van der Waals surface area contributed by atoms with E-state index in [4.69, 9.17) is 5.73 Å². The van der Waals surface area contributed by atoms with Gasteiger partial charge in [0.05, 0.1) is 5.69 Å². The number of hydrogen-bond acceptors (Lipinski definition) is 3. The Morgan fingerprint density at radius 1 is 1.20 bits per heavy atom. The molecule has 2 rings (SSSR count). The van der Waals surface area contributed by atoms with Crippen molar-refractivity contribution in [2.75, 3.05) is 5.73 Å². The normalized spacial score (nSPS) is 13.5. The summed E-state index contributed by atoms with van der Waals surface area (Å²) in [6.07, 6.45) is 4.33. The molecular weight excluding hydrogens is 250 g/mol. The van der Waals surface area contributed by atoms with Crippen LogP contribution in [0.3, 0.4) is 0 Å². The first-order valence-electron chi connectivity index (χ1n) is 7.64. The predicted molar refractivity (Wildman–Crippen MR) is 83.7 cm³/mol. The summed E-state index contributed by atoms with van der Waals surface area (Å²) in [5.41, 5.74) is 9.24. The van der Waals surface area contributed by atoms with Gasteiger partial charge in [-0.05, 0) is 32.1 Å². The highest BCUT2D eigenvalue weighted by Crippen LogP contribution is 2.28. The fraction of sp³-hybridized carbons (Fsp3) is 0.733. The largest absolute Gasteiger partial charge is 0.369 e. The summed E-state index contributed by atoms with van der Waals surface area (Å²) in [6, 6.07) is 0.354. The Balaban J connectivity index is 2.40. The summed E-state index contributed by atoms with van der Waals surface area (Å²) < 4.78 is 4.07. The van der Waals surface area contributed by atoms with E-state index >= 15 is 0 Å². The Morgan fingerprint density at radius 3 is 2.50 bits per heavy atom. The number of nitrogens with zero attached hydrogens (tertiary/aromatic N) is 4. The zero-order valence-electron chi connectivity index (χ0n) is 13.3. The summed E-state index contributed by atoms with van der Waals surface area (Å²) in [5, 5.41) is 4.60. The minimum absolute atomic E-state index is 0.354. The van der Waals surface area contributed by atoms with Gasteiger partial charge < -0.3 is 5.73 Å². The van der Waals surface area contributed by atoms with Crippen molar-refractivity contribution >= 4 is 17.1 Å². The maximum atomic E-state index is 6.15. The minimum Gasteiger partial charge on any atom is -0.369 e. The number of rotatable bonds is 6. The van der Waals surface area contributed by atoms with E-state index in [1.165, 1.54) is 6.42 Å². The van der Waals surface area contributed by atoms with Crippen LogP contribution in [0.4, 0.5) is 5.95 Å². The summed E-state index contributed by atoms with van der Waals surface area (Å²) in [5.74, 6) is 1.32. The monoisotopic (exact) mass is 277 g/mol. The molecule has 2 aromatic heterocycles. The second-order valence-corrected chi connectivity index (χ2v) is 6.15. The van der Waals surface area contributed by atoms with Crippen LogP contribution in [-0.2, 0) is 13.5 Å². The summed E-state index contributed by atoms with van der Waals surface area (Å²) >= 11 is 0. The number of nitrogens with two attached hydrogens (primary N) is 1. The van der Waals surface area contributed by atoms with Crippen LogP contribution in [0.25, 0.3) is 11.2 Å². The second kappa shape index (κ2) is 5.85. The van der Waals surface area contributed by atoms with Gasteiger partial charge >= 0.3 is 0 Å². The zero-order chi connectivity index (χ0) is 14.9. The first-order chi connectivity index (χ1) is 9.45. The van der Waals surface area contributed by atoms with E-state index in [1.54, 1.807) is 0 Å². The molecule has 1 unspecified atom stereocenters. The van der Waals surface area contributed by atoms with E-state index in [0.717, 1.165) is 36.1 Å². The molecule has 20 heavy (non-hydrogen) atoms. The number of anilines is 1. The predicted octanol–water partition coefficient (Wildman–Crippen LogP) is 3.30. The maximum absolute atomic E-state index is 6.15. The average molecular weight is 277 g/mol. The van der Waals surface area contributed by atoms with Gasteiger partial charge in [-0.15, -0.1) is 0 Å². The SMILES string of the molecule is CCCc1nn(C)c2c1nc(N)n2C(C)CCC(C)C. The lowest BCUT2D eigenvalue weighted by molar-refractivity contribution is 0.445. The van der Waals surface area contributed by atoms with Gasteiger partial charge in [0.2, 0.25) is 5.95 Å². The Bertz CT molecular complexity index is 579. The summed E-state index contributed by atoms with van der Waals surface area (Å²) in [7, 11) is 1.98. The molecule has 2 aromatic rings. The topological polar surface area (TPSA) is 61.7 Å². The molecule has 112 valence electrons. The van der Waals surface area contributed by atoms with Crippen LogP contribution in [0.5, 0.6) is 0 Å². The Morgan fingerprint density at radius 2 is 1.90 bits per heavy atom. The molecule has 0 saturated heterocycles. The lowest BCUT2D eigenvalue weighted by Gasteiger charge is -2.17. The second-order valence-electron chi connectivity index (χ2n) is 6.15. The van der Waals surface area contributed by atoms with E-state index < -0.39 is 0 Å². The van der Waals surface area contributed by atoms with Crippen LogP contribution in [0, 0.1) is 5.92 Å². The van der Waals surface area contributed by atoms with Crippen molar-refractivity contribution in [2.24, 2.45) is 13.0 Å². The third-order valence-electron chi connectivity index (χ3n) is 3.85. The van der Waals surface area contributed by atoms with Crippen LogP contribution >= 0.6 is 0 Å². The van der Waals surface area contributed by atoms with Gasteiger partial charge in [-0.2, -0.15) is 5.10 Å². The highest BCUT2D eigenvalue weighted by Gasteiger charge is 2.20. The molecule has 0 saturated carbocycles. The maximum Gasteiger partial charge on any atom is 0.202 e. The first kappa shape index (κ1) is 14.9. The Kier molecular flexibility index (Phi) is 4.35. The molecule has 0 fully saturated rings. The minimum atomic E-state index is 0.354. The molecule has 5 heteroatoms. The highest BCUT2D eigenvalue weighted by atomic mass is 15.4. The van der Waals surface area contributed by atoms with Gasteiger partial charge in [0.15, 0.2) is 5.65 Å². The average Bonchev–Trinajstić information content (AvgIpc) is 2.85. The highest BCUT2D eigenvalue weighted by molar-refractivity contribution is 5.78. The molecule has 0 bridgehead atoms. The van der Waals surface area contributed by atoms with Gasteiger partial charge in [-0.25, -0.2) is 4.98 Å². The van der Waals surface area contributed by atoms with Gasteiger partial charge in [0.1, 0.15) is 5.52 Å². The lowest BCUT2D eigenvalue weighted by atomic mass is 10.0. The fourth-order valence-corrected chi connectivity index (χ4v) is 2.76. The van der Waals surface area contributed by atoms with Crippen molar-refractivity contribution in [3.05, 3.63) is 5.69 Å². The molecule has 0 aliphatic rings. The van der Waals surface area contributed by atoms with E-state index in [1.807, 2.05) is 11.7 Å². The van der Waals surface area contributed by atoms with Crippen LogP contribution in [0.15, 0.2) is 0 Å². The molecule has 0 amide bonds. The number of aryl methyl sites for hydroxylation is 2. The van der Waals surface area contributed by atoms with E-state index in [2.05, 4.69) is 42.3 Å². The summed E-state index contributed by atoms with van der Waals surface area (Å²) in [6.45, 7) is 8.88. The van der Waals surface area contributed by atoms with Crippen molar-refractivity contribution in [2.45, 2.75) is 59.4 Å². The van der Waals surface area contributed by atoms with Crippen LogP contribution in [0.2, 0.25) is 0 Å². The fourth-order valence-electron chi connectivity index (χ4n) is 2.76. The van der Waals surface area contributed by atoms with E-state index in [-0.39, 0.29) is 0 Å². The van der Waals surface area contributed by atoms with Crippen molar-refractivity contribution < 1.29 is 0 Å². The zero-order valence-corrected chi connectivity index (χ0v) is 13.3. The van der Waals surface area contributed by atoms with Gasteiger partial charge in [-0.1, -0.05) is 27.2 Å². The molecule has 0 spiro atoms. The quantitative estimate of drug-likeness (QED) is 0.881. The molecule has 1 atom stereocenters. The number of imidazole rings is 1. The van der Waals surface area contributed by atoms with Crippen LogP contribution in [0.1, 0.15) is 58.7 Å². The summed E-state index contributed by atoms with van der Waals surface area (Å²) in [4.78, 5) is 4.56. The lowest BCUT2D eigenvalue weighted by Crippen LogP contribution is -2.12. The number of fused-ring (bicyclic) bond motifs is 1.